The highest BCUT2D eigenvalue weighted by Gasteiger charge is 2.06. The van der Waals surface area contributed by atoms with E-state index in [1.54, 1.807) is 13.2 Å². The standard InChI is InChI=1S/C17H21NO3/c1-4-21-17-9-12(2)5-8-15(17)18-11-13-6-7-14(20-3)10-16(13)19/h5-10,18-19H,4,11H2,1-3H3. The van der Waals surface area contributed by atoms with Crippen molar-refractivity contribution in [2.45, 2.75) is 20.4 Å². The molecule has 0 bridgehead atoms. The third-order valence-electron chi connectivity index (χ3n) is 3.20. The molecule has 2 rings (SSSR count). The summed E-state index contributed by atoms with van der Waals surface area (Å²) >= 11 is 0. The van der Waals surface area contributed by atoms with Crippen LogP contribution in [0.15, 0.2) is 36.4 Å². The molecule has 2 aromatic rings. The number of aromatic hydroxyl groups is 1. The van der Waals surface area contributed by atoms with Crippen molar-refractivity contribution in [1.29, 1.82) is 0 Å². The molecule has 112 valence electrons. The first-order chi connectivity index (χ1) is 10.1. The van der Waals surface area contributed by atoms with Crippen LogP contribution in [0.1, 0.15) is 18.1 Å². The van der Waals surface area contributed by atoms with E-state index in [4.69, 9.17) is 9.47 Å². The molecule has 21 heavy (non-hydrogen) atoms. The summed E-state index contributed by atoms with van der Waals surface area (Å²) in [7, 11) is 1.58. The Morgan fingerprint density at radius 2 is 1.95 bits per heavy atom. The molecule has 0 aromatic heterocycles. The lowest BCUT2D eigenvalue weighted by Gasteiger charge is -2.14. The van der Waals surface area contributed by atoms with Crippen molar-refractivity contribution in [3.63, 3.8) is 0 Å². The molecule has 0 atom stereocenters. The number of phenols is 1. The number of rotatable bonds is 6. The highest BCUT2D eigenvalue weighted by atomic mass is 16.5. The highest BCUT2D eigenvalue weighted by molar-refractivity contribution is 5.58. The van der Waals surface area contributed by atoms with Gasteiger partial charge in [0.25, 0.3) is 0 Å². The van der Waals surface area contributed by atoms with E-state index >= 15 is 0 Å². The van der Waals surface area contributed by atoms with Crippen LogP contribution in [0.3, 0.4) is 0 Å². The van der Waals surface area contributed by atoms with Crippen molar-refractivity contribution in [1.82, 2.24) is 0 Å². The molecule has 2 N–H and O–H groups in total. The molecule has 0 aliphatic carbocycles. The molecule has 4 heteroatoms. The van der Waals surface area contributed by atoms with Crippen LogP contribution in [-0.4, -0.2) is 18.8 Å². The fourth-order valence-corrected chi connectivity index (χ4v) is 2.06. The van der Waals surface area contributed by atoms with E-state index in [0.29, 0.717) is 18.9 Å². The van der Waals surface area contributed by atoms with Gasteiger partial charge >= 0.3 is 0 Å². The zero-order chi connectivity index (χ0) is 15.2. The van der Waals surface area contributed by atoms with Crippen LogP contribution < -0.4 is 14.8 Å². The van der Waals surface area contributed by atoms with Gasteiger partial charge in [-0.25, -0.2) is 0 Å². The van der Waals surface area contributed by atoms with Crippen molar-refractivity contribution in [2.24, 2.45) is 0 Å². The first kappa shape index (κ1) is 15.0. The van der Waals surface area contributed by atoms with Gasteiger partial charge in [-0.05, 0) is 43.7 Å². The Kier molecular flexibility index (Phi) is 4.93. The van der Waals surface area contributed by atoms with Crippen LogP contribution in [0.25, 0.3) is 0 Å². The molecule has 4 nitrogen and oxygen atoms in total. The highest BCUT2D eigenvalue weighted by Crippen LogP contribution is 2.28. The largest absolute Gasteiger partial charge is 0.507 e. The smallest absolute Gasteiger partial charge is 0.142 e. The Balaban J connectivity index is 2.12. The normalized spacial score (nSPS) is 10.2. The summed E-state index contributed by atoms with van der Waals surface area (Å²) in [6, 6.07) is 11.3. The van der Waals surface area contributed by atoms with Crippen molar-refractivity contribution < 1.29 is 14.6 Å². The van der Waals surface area contributed by atoms with Crippen molar-refractivity contribution in [3.05, 3.63) is 47.5 Å². The lowest BCUT2D eigenvalue weighted by molar-refractivity contribution is 0.341. The molecule has 0 saturated heterocycles. The van der Waals surface area contributed by atoms with Gasteiger partial charge in [0, 0.05) is 18.2 Å². The van der Waals surface area contributed by atoms with E-state index in [0.717, 1.165) is 22.6 Å². The quantitative estimate of drug-likeness (QED) is 0.850. The maximum absolute atomic E-state index is 9.97. The van der Waals surface area contributed by atoms with Gasteiger partial charge in [0.2, 0.25) is 0 Å². The summed E-state index contributed by atoms with van der Waals surface area (Å²) in [5.41, 5.74) is 2.87. The summed E-state index contributed by atoms with van der Waals surface area (Å²) in [6.45, 7) is 5.12. The summed E-state index contributed by atoms with van der Waals surface area (Å²) < 4.78 is 10.7. The average Bonchev–Trinajstić information content (AvgIpc) is 2.48. The minimum atomic E-state index is 0.215. The number of methoxy groups -OCH3 is 1. The molecule has 2 aromatic carbocycles. The Morgan fingerprint density at radius 3 is 2.62 bits per heavy atom. The minimum Gasteiger partial charge on any atom is -0.507 e. The average molecular weight is 287 g/mol. The SMILES string of the molecule is CCOc1cc(C)ccc1NCc1ccc(OC)cc1O. The fourth-order valence-electron chi connectivity index (χ4n) is 2.06. The second kappa shape index (κ2) is 6.88. The van der Waals surface area contributed by atoms with Crippen LogP contribution in [0.2, 0.25) is 0 Å². The number of phenolic OH excluding ortho intramolecular Hbond substituents is 1. The van der Waals surface area contributed by atoms with Crippen molar-refractivity contribution in [2.75, 3.05) is 19.0 Å². The molecule has 0 aliphatic rings. The van der Waals surface area contributed by atoms with E-state index in [-0.39, 0.29) is 5.75 Å². The van der Waals surface area contributed by atoms with Crippen LogP contribution in [0.5, 0.6) is 17.2 Å². The monoisotopic (exact) mass is 287 g/mol. The van der Waals surface area contributed by atoms with Gasteiger partial charge in [-0.2, -0.15) is 0 Å². The second-order valence-corrected chi connectivity index (χ2v) is 4.78. The van der Waals surface area contributed by atoms with E-state index in [1.165, 1.54) is 0 Å². The molecule has 0 heterocycles. The molecule has 0 radical (unpaired) electrons. The predicted molar refractivity (Wildman–Crippen MR) is 84.3 cm³/mol. The molecule has 0 aliphatic heterocycles. The number of hydrogen-bond donors (Lipinski definition) is 2. The van der Waals surface area contributed by atoms with Gasteiger partial charge < -0.3 is 19.9 Å². The Bertz CT molecular complexity index is 611. The van der Waals surface area contributed by atoms with E-state index in [2.05, 4.69) is 5.32 Å². The maximum Gasteiger partial charge on any atom is 0.142 e. The van der Waals surface area contributed by atoms with Gasteiger partial charge in [-0.3, -0.25) is 0 Å². The lowest BCUT2D eigenvalue weighted by atomic mass is 10.1. The summed E-state index contributed by atoms with van der Waals surface area (Å²) in [6.07, 6.45) is 0. The number of nitrogens with one attached hydrogen (secondary N) is 1. The van der Waals surface area contributed by atoms with Gasteiger partial charge in [-0.15, -0.1) is 0 Å². The van der Waals surface area contributed by atoms with Crippen LogP contribution in [0, 0.1) is 6.92 Å². The second-order valence-electron chi connectivity index (χ2n) is 4.78. The van der Waals surface area contributed by atoms with Gasteiger partial charge in [0.15, 0.2) is 0 Å². The summed E-state index contributed by atoms with van der Waals surface area (Å²) in [5, 5.41) is 13.3. The van der Waals surface area contributed by atoms with Crippen molar-refractivity contribution >= 4 is 5.69 Å². The first-order valence-electron chi connectivity index (χ1n) is 6.97. The zero-order valence-electron chi connectivity index (χ0n) is 12.6. The van der Waals surface area contributed by atoms with Gasteiger partial charge in [0.05, 0.1) is 19.4 Å². The summed E-state index contributed by atoms with van der Waals surface area (Å²) in [5.74, 6) is 1.68. The van der Waals surface area contributed by atoms with Crippen LogP contribution in [0.4, 0.5) is 5.69 Å². The Labute approximate surface area is 125 Å². The van der Waals surface area contributed by atoms with E-state index < -0.39 is 0 Å². The third-order valence-corrected chi connectivity index (χ3v) is 3.20. The lowest BCUT2D eigenvalue weighted by Crippen LogP contribution is -2.03. The number of hydrogen-bond acceptors (Lipinski definition) is 4. The molecule has 0 saturated carbocycles. The van der Waals surface area contributed by atoms with E-state index in [1.807, 2.05) is 44.2 Å². The van der Waals surface area contributed by atoms with Gasteiger partial charge in [-0.1, -0.05) is 6.07 Å². The third kappa shape index (κ3) is 3.81. The number of benzene rings is 2. The fraction of sp³-hybridized carbons (Fsp3) is 0.294. The molecule has 0 unspecified atom stereocenters. The molecule has 0 spiro atoms. The minimum absolute atomic E-state index is 0.215. The van der Waals surface area contributed by atoms with Crippen molar-refractivity contribution in [3.8, 4) is 17.2 Å². The molecular formula is C17H21NO3. The zero-order valence-corrected chi connectivity index (χ0v) is 12.6. The van der Waals surface area contributed by atoms with E-state index in [9.17, 15) is 5.11 Å². The molecule has 0 amide bonds. The molecular weight excluding hydrogens is 266 g/mol. The van der Waals surface area contributed by atoms with Gasteiger partial charge in [0.1, 0.15) is 17.2 Å². The predicted octanol–water partition coefficient (Wildman–Crippen LogP) is 3.72. The topological polar surface area (TPSA) is 50.7 Å². The van der Waals surface area contributed by atoms with Crippen LogP contribution >= 0.6 is 0 Å². The first-order valence-corrected chi connectivity index (χ1v) is 6.97. The van der Waals surface area contributed by atoms with Crippen LogP contribution in [-0.2, 0) is 6.54 Å². The Hall–Kier alpha value is -2.36. The maximum atomic E-state index is 9.97. The number of aryl methyl sites for hydroxylation is 1. The Morgan fingerprint density at radius 1 is 1.14 bits per heavy atom. The summed E-state index contributed by atoms with van der Waals surface area (Å²) in [4.78, 5) is 0. The number of anilines is 1. The number of ether oxygens (including phenoxy) is 2. The molecule has 0 fully saturated rings.